The molecule has 158 valence electrons. The lowest BCUT2D eigenvalue weighted by Crippen LogP contribution is -2.36. The molecule has 0 aliphatic rings. The van der Waals surface area contributed by atoms with Crippen molar-refractivity contribution in [1.29, 1.82) is 0 Å². The lowest BCUT2D eigenvalue weighted by atomic mass is 10.1. The van der Waals surface area contributed by atoms with Crippen molar-refractivity contribution >= 4 is 11.6 Å². The average Bonchev–Trinajstić information content (AvgIpc) is 3.19. The number of hydrogen-bond acceptors (Lipinski definition) is 5. The Labute approximate surface area is 175 Å². The highest BCUT2D eigenvalue weighted by Gasteiger charge is 2.24. The van der Waals surface area contributed by atoms with Gasteiger partial charge in [-0.15, -0.1) is 5.10 Å². The van der Waals surface area contributed by atoms with Gasteiger partial charge in [-0.05, 0) is 60.5 Å². The predicted octanol–water partition coefficient (Wildman–Crippen LogP) is 2.94. The number of hydrogen-bond donors (Lipinski definition) is 1. The zero-order valence-electron chi connectivity index (χ0n) is 17.3. The van der Waals surface area contributed by atoms with Crippen LogP contribution in [0.5, 0.6) is 0 Å². The number of aryl methyl sites for hydroxylation is 1. The van der Waals surface area contributed by atoms with E-state index < -0.39 is 6.04 Å². The molecule has 1 aromatic heterocycles. The van der Waals surface area contributed by atoms with Crippen molar-refractivity contribution in [2.75, 3.05) is 24.5 Å². The van der Waals surface area contributed by atoms with E-state index in [1.54, 1.807) is 19.1 Å². The normalized spacial score (nSPS) is 11.8. The summed E-state index contributed by atoms with van der Waals surface area (Å²) in [5, 5.41) is 14.5. The molecule has 30 heavy (non-hydrogen) atoms. The highest BCUT2D eigenvalue weighted by Crippen LogP contribution is 2.16. The molecule has 1 unspecified atom stereocenters. The number of carbonyl (C=O) groups excluding carboxylic acids is 1. The van der Waals surface area contributed by atoms with Gasteiger partial charge in [-0.1, -0.05) is 30.3 Å². The van der Waals surface area contributed by atoms with Gasteiger partial charge in [0.1, 0.15) is 17.7 Å². The molecule has 1 heterocycles. The smallest absolute Gasteiger partial charge is 0.245 e. The van der Waals surface area contributed by atoms with E-state index in [4.69, 9.17) is 0 Å². The van der Waals surface area contributed by atoms with Gasteiger partial charge >= 0.3 is 0 Å². The number of anilines is 1. The largest absolute Gasteiger partial charge is 0.372 e. The number of tetrazole rings is 1. The number of rotatable bonds is 10. The van der Waals surface area contributed by atoms with Crippen LogP contribution in [-0.4, -0.2) is 45.7 Å². The van der Waals surface area contributed by atoms with Crippen LogP contribution < -0.4 is 10.2 Å². The summed E-state index contributed by atoms with van der Waals surface area (Å²) in [6.07, 6.45) is 1.19. The van der Waals surface area contributed by atoms with Gasteiger partial charge in [-0.3, -0.25) is 4.79 Å². The Hall–Kier alpha value is -3.29. The molecule has 0 radical (unpaired) electrons. The molecule has 1 N–H and O–H groups in total. The summed E-state index contributed by atoms with van der Waals surface area (Å²) >= 11 is 0. The molecule has 0 spiro atoms. The Balaban J connectivity index is 1.59. The van der Waals surface area contributed by atoms with Crippen molar-refractivity contribution in [3.8, 4) is 0 Å². The van der Waals surface area contributed by atoms with Gasteiger partial charge in [0.2, 0.25) is 5.91 Å². The van der Waals surface area contributed by atoms with Crippen LogP contribution in [0.3, 0.4) is 0 Å². The summed E-state index contributed by atoms with van der Waals surface area (Å²) < 4.78 is 14.7. The summed E-state index contributed by atoms with van der Waals surface area (Å²) in [5.74, 6) is 0.0910. The fourth-order valence-electron chi connectivity index (χ4n) is 3.37. The van der Waals surface area contributed by atoms with Crippen LogP contribution in [0.4, 0.5) is 10.1 Å². The maximum absolute atomic E-state index is 13.2. The topological polar surface area (TPSA) is 75.9 Å². The van der Waals surface area contributed by atoms with Crippen molar-refractivity contribution in [3.05, 3.63) is 71.8 Å². The van der Waals surface area contributed by atoms with Crippen molar-refractivity contribution < 1.29 is 9.18 Å². The molecule has 0 aliphatic carbocycles. The van der Waals surface area contributed by atoms with Crippen molar-refractivity contribution in [2.45, 2.75) is 32.7 Å². The zero-order chi connectivity index (χ0) is 21.3. The van der Waals surface area contributed by atoms with Gasteiger partial charge in [0.15, 0.2) is 0 Å². The lowest BCUT2D eigenvalue weighted by molar-refractivity contribution is -0.124. The van der Waals surface area contributed by atoms with E-state index in [0.717, 1.165) is 25.1 Å². The summed E-state index contributed by atoms with van der Waals surface area (Å²) in [6, 6.07) is 15.7. The second-order valence-electron chi connectivity index (χ2n) is 7.08. The number of halogens is 1. The first-order valence-electron chi connectivity index (χ1n) is 10.1. The summed E-state index contributed by atoms with van der Waals surface area (Å²) in [7, 11) is 0. The minimum atomic E-state index is -0.595. The minimum Gasteiger partial charge on any atom is -0.372 e. The van der Waals surface area contributed by atoms with Crippen molar-refractivity contribution in [2.24, 2.45) is 0 Å². The Morgan fingerprint density at radius 1 is 1.17 bits per heavy atom. The first-order chi connectivity index (χ1) is 14.6. The van der Waals surface area contributed by atoms with E-state index in [1.807, 2.05) is 18.2 Å². The van der Waals surface area contributed by atoms with Gasteiger partial charge in [-0.25, -0.2) is 9.07 Å². The minimum absolute atomic E-state index is 0.155. The molecular weight excluding hydrogens is 383 g/mol. The molecule has 2 aromatic carbocycles. The quantitative estimate of drug-likeness (QED) is 0.520. The second-order valence-corrected chi connectivity index (χ2v) is 7.08. The van der Waals surface area contributed by atoms with E-state index >= 15 is 0 Å². The van der Waals surface area contributed by atoms with E-state index in [0.29, 0.717) is 18.8 Å². The number of benzene rings is 2. The molecule has 0 saturated carbocycles. The van der Waals surface area contributed by atoms with Crippen LogP contribution in [0.2, 0.25) is 0 Å². The van der Waals surface area contributed by atoms with Crippen LogP contribution in [0.15, 0.2) is 54.6 Å². The fraction of sp³-hybridized carbons (Fsp3) is 0.364. The fourth-order valence-corrected chi connectivity index (χ4v) is 3.37. The third-order valence-electron chi connectivity index (χ3n) is 5.00. The molecule has 1 amide bonds. The Kier molecular flexibility index (Phi) is 7.48. The number of carbonyl (C=O) groups is 1. The zero-order valence-corrected chi connectivity index (χ0v) is 17.3. The van der Waals surface area contributed by atoms with E-state index in [1.165, 1.54) is 22.5 Å². The highest BCUT2D eigenvalue weighted by atomic mass is 19.1. The summed E-state index contributed by atoms with van der Waals surface area (Å²) in [4.78, 5) is 15.2. The standard InChI is InChI=1S/C22H27FN6O/c1-3-28(20-8-5-4-6-9-20)15-7-14-24-22(30)21(29-17(2)25-26-27-29)16-18-10-12-19(23)13-11-18/h4-6,8-13,21H,3,7,14-16H2,1-2H3,(H,24,30). The SMILES string of the molecule is CCN(CCCNC(=O)C(Cc1ccc(F)cc1)n1nnnc1C)c1ccccc1. The molecule has 7 nitrogen and oxygen atoms in total. The van der Waals surface area contributed by atoms with Gasteiger partial charge < -0.3 is 10.2 Å². The maximum Gasteiger partial charge on any atom is 0.245 e. The second kappa shape index (κ2) is 10.5. The van der Waals surface area contributed by atoms with Crippen LogP contribution >= 0.6 is 0 Å². The summed E-state index contributed by atoms with van der Waals surface area (Å²) in [6.45, 7) is 6.15. The average molecular weight is 410 g/mol. The van der Waals surface area contributed by atoms with Gasteiger partial charge in [0.25, 0.3) is 0 Å². The van der Waals surface area contributed by atoms with E-state index in [-0.39, 0.29) is 11.7 Å². The van der Waals surface area contributed by atoms with E-state index in [2.05, 4.69) is 44.8 Å². The van der Waals surface area contributed by atoms with Gasteiger partial charge in [-0.2, -0.15) is 0 Å². The number of para-hydroxylation sites is 1. The van der Waals surface area contributed by atoms with Gasteiger partial charge in [0, 0.05) is 31.7 Å². The molecule has 3 rings (SSSR count). The number of nitrogens with zero attached hydrogens (tertiary/aromatic N) is 5. The van der Waals surface area contributed by atoms with Gasteiger partial charge in [0.05, 0.1) is 0 Å². The van der Waals surface area contributed by atoms with Crippen LogP contribution in [0.1, 0.15) is 30.8 Å². The molecular formula is C22H27FN6O. The monoisotopic (exact) mass is 410 g/mol. The first kappa shape index (κ1) is 21.4. The van der Waals surface area contributed by atoms with Crippen LogP contribution in [0, 0.1) is 12.7 Å². The number of amides is 1. The predicted molar refractivity (Wildman–Crippen MR) is 114 cm³/mol. The molecule has 0 fully saturated rings. The lowest BCUT2D eigenvalue weighted by Gasteiger charge is -2.23. The Bertz CT molecular complexity index is 928. The van der Waals surface area contributed by atoms with Crippen molar-refractivity contribution in [3.63, 3.8) is 0 Å². The molecule has 8 heteroatoms. The summed E-state index contributed by atoms with van der Waals surface area (Å²) in [5.41, 5.74) is 2.01. The third kappa shape index (κ3) is 5.62. The highest BCUT2D eigenvalue weighted by molar-refractivity contribution is 5.80. The van der Waals surface area contributed by atoms with Crippen molar-refractivity contribution in [1.82, 2.24) is 25.5 Å². The van der Waals surface area contributed by atoms with Crippen LogP contribution in [0.25, 0.3) is 0 Å². The Morgan fingerprint density at radius 2 is 1.90 bits per heavy atom. The molecule has 0 aliphatic heterocycles. The van der Waals surface area contributed by atoms with E-state index in [9.17, 15) is 9.18 Å². The third-order valence-corrected chi connectivity index (χ3v) is 5.00. The number of nitrogens with one attached hydrogen (secondary N) is 1. The Morgan fingerprint density at radius 3 is 2.53 bits per heavy atom. The first-order valence-corrected chi connectivity index (χ1v) is 10.1. The molecule has 3 aromatic rings. The maximum atomic E-state index is 13.2. The number of aromatic nitrogens is 4. The molecule has 0 bridgehead atoms. The molecule has 1 atom stereocenters. The molecule has 0 saturated heterocycles. The van der Waals surface area contributed by atoms with Crippen LogP contribution in [-0.2, 0) is 11.2 Å².